The van der Waals surface area contributed by atoms with Gasteiger partial charge in [-0.25, -0.2) is 0 Å². The predicted molar refractivity (Wildman–Crippen MR) is 74.5 cm³/mol. The van der Waals surface area contributed by atoms with Crippen molar-refractivity contribution in [2.24, 2.45) is 5.73 Å². The van der Waals surface area contributed by atoms with Crippen molar-refractivity contribution in [1.29, 1.82) is 5.26 Å². The summed E-state index contributed by atoms with van der Waals surface area (Å²) in [5.41, 5.74) is 7.70. The average molecular weight is 259 g/mol. The number of hydrogen-bond donors (Lipinski definition) is 1. The van der Waals surface area contributed by atoms with Gasteiger partial charge in [0.1, 0.15) is 0 Å². The van der Waals surface area contributed by atoms with Crippen LogP contribution in [0.3, 0.4) is 0 Å². The summed E-state index contributed by atoms with van der Waals surface area (Å²) in [5.74, 6) is 0. The Morgan fingerprint density at radius 1 is 1.42 bits per heavy atom. The lowest BCUT2D eigenvalue weighted by molar-refractivity contribution is -0.0789. The molecular weight excluding hydrogens is 238 g/mol. The SMILES string of the molecule is CC(C)N1CCOC(CN)C1c1ccc(C#N)cc1. The molecule has 1 fully saturated rings. The summed E-state index contributed by atoms with van der Waals surface area (Å²) in [6, 6.07) is 10.5. The quantitative estimate of drug-likeness (QED) is 0.897. The third kappa shape index (κ3) is 2.95. The molecule has 1 saturated heterocycles. The topological polar surface area (TPSA) is 62.3 Å². The highest BCUT2D eigenvalue weighted by Gasteiger charge is 2.33. The first-order valence-electron chi connectivity index (χ1n) is 6.75. The molecule has 0 aliphatic carbocycles. The maximum absolute atomic E-state index is 8.87. The summed E-state index contributed by atoms with van der Waals surface area (Å²) >= 11 is 0. The lowest BCUT2D eigenvalue weighted by atomic mass is 9.96. The fourth-order valence-electron chi connectivity index (χ4n) is 2.69. The van der Waals surface area contributed by atoms with E-state index in [0.717, 1.165) is 13.2 Å². The van der Waals surface area contributed by atoms with Crippen LogP contribution in [0.5, 0.6) is 0 Å². The van der Waals surface area contributed by atoms with Gasteiger partial charge < -0.3 is 10.5 Å². The summed E-state index contributed by atoms with van der Waals surface area (Å²) in [6.45, 7) is 6.53. The van der Waals surface area contributed by atoms with Gasteiger partial charge in [0.15, 0.2) is 0 Å². The Balaban J connectivity index is 2.31. The molecule has 1 heterocycles. The summed E-state index contributed by atoms with van der Waals surface area (Å²) in [4.78, 5) is 2.42. The van der Waals surface area contributed by atoms with Gasteiger partial charge in [-0.15, -0.1) is 0 Å². The van der Waals surface area contributed by atoms with E-state index in [2.05, 4.69) is 24.8 Å². The number of nitrogens with zero attached hydrogens (tertiary/aromatic N) is 2. The minimum atomic E-state index is 0.0177. The molecule has 19 heavy (non-hydrogen) atoms. The van der Waals surface area contributed by atoms with Crippen LogP contribution in [0.15, 0.2) is 24.3 Å². The summed E-state index contributed by atoms with van der Waals surface area (Å²) in [5, 5.41) is 8.87. The molecule has 2 atom stereocenters. The number of rotatable bonds is 3. The molecule has 2 rings (SSSR count). The van der Waals surface area contributed by atoms with Crippen molar-refractivity contribution in [3.8, 4) is 6.07 Å². The molecule has 2 N–H and O–H groups in total. The number of ether oxygens (including phenoxy) is 1. The summed E-state index contributed by atoms with van der Waals surface area (Å²) in [7, 11) is 0. The molecule has 0 saturated carbocycles. The monoisotopic (exact) mass is 259 g/mol. The second kappa shape index (κ2) is 6.16. The highest BCUT2D eigenvalue weighted by Crippen LogP contribution is 2.30. The molecule has 0 radical (unpaired) electrons. The zero-order chi connectivity index (χ0) is 13.8. The van der Waals surface area contributed by atoms with Gasteiger partial charge in [-0.3, -0.25) is 4.90 Å². The first-order valence-corrected chi connectivity index (χ1v) is 6.75. The first-order chi connectivity index (χ1) is 9.17. The highest BCUT2D eigenvalue weighted by molar-refractivity contribution is 5.33. The molecule has 102 valence electrons. The van der Waals surface area contributed by atoms with Gasteiger partial charge in [0.25, 0.3) is 0 Å². The maximum atomic E-state index is 8.87. The van der Waals surface area contributed by atoms with Gasteiger partial charge in [0.05, 0.1) is 30.4 Å². The minimum Gasteiger partial charge on any atom is -0.374 e. The van der Waals surface area contributed by atoms with Crippen molar-refractivity contribution in [2.45, 2.75) is 32.0 Å². The van der Waals surface area contributed by atoms with E-state index in [-0.39, 0.29) is 12.1 Å². The van der Waals surface area contributed by atoms with Crippen LogP contribution in [0, 0.1) is 11.3 Å². The number of nitrogens with two attached hydrogens (primary N) is 1. The Hall–Kier alpha value is -1.41. The molecular formula is C15H21N3O. The Labute approximate surface area is 114 Å². The number of nitriles is 1. The lowest BCUT2D eigenvalue weighted by Crippen LogP contribution is -2.50. The van der Waals surface area contributed by atoms with Crippen molar-refractivity contribution in [2.75, 3.05) is 19.7 Å². The normalized spacial score (nSPS) is 24.4. The fourth-order valence-corrected chi connectivity index (χ4v) is 2.69. The van der Waals surface area contributed by atoms with Crippen molar-refractivity contribution < 1.29 is 4.74 Å². The van der Waals surface area contributed by atoms with E-state index in [1.807, 2.05) is 24.3 Å². The van der Waals surface area contributed by atoms with Crippen LogP contribution in [0.2, 0.25) is 0 Å². The van der Waals surface area contributed by atoms with Crippen LogP contribution >= 0.6 is 0 Å². The predicted octanol–water partition coefficient (Wildman–Crippen LogP) is 1.67. The fraction of sp³-hybridized carbons (Fsp3) is 0.533. The molecule has 1 aliphatic rings. The lowest BCUT2D eigenvalue weighted by Gasteiger charge is -2.43. The van der Waals surface area contributed by atoms with E-state index >= 15 is 0 Å². The van der Waals surface area contributed by atoms with Crippen molar-refractivity contribution in [1.82, 2.24) is 4.90 Å². The van der Waals surface area contributed by atoms with Gasteiger partial charge in [-0.2, -0.15) is 5.26 Å². The van der Waals surface area contributed by atoms with Crippen LogP contribution in [0.25, 0.3) is 0 Å². The van der Waals surface area contributed by atoms with Crippen LogP contribution in [-0.4, -0.2) is 36.7 Å². The molecule has 1 aromatic carbocycles. The number of morpholine rings is 1. The van der Waals surface area contributed by atoms with E-state index in [1.165, 1.54) is 5.56 Å². The molecule has 0 spiro atoms. The second-order valence-electron chi connectivity index (χ2n) is 5.16. The Morgan fingerprint density at radius 2 is 2.11 bits per heavy atom. The van der Waals surface area contributed by atoms with Gasteiger partial charge in [-0.1, -0.05) is 12.1 Å². The minimum absolute atomic E-state index is 0.0177. The average Bonchev–Trinajstić information content (AvgIpc) is 2.46. The van der Waals surface area contributed by atoms with E-state index in [4.69, 9.17) is 15.7 Å². The van der Waals surface area contributed by atoms with E-state index < -0.39 is 0 Å². The van der Waals surface area contributed by atoms with Crippen molar-refractivity contribution >= 4 is 0 Å². The molecule has 0 amide bonds. The zero-order valence-electron chi connectivity index (χ0n) is 11.5. The summed E-state index contributed by atoms with van der Waals surface area (Å²) in [6.07, 6.45) is 0.0177. The maximum Gasteiger partial charge on any atom is 0.0991 e. The van der Waals surface area contributed by atoms with Crippen LogP contribution in [-0.2, 0) is 4.74 Å². The zero-order valence-corrected chi connectivity index (χ0v) is 11.5. The Bertz CT molecular complexity index is 449. The Kier molecular flexibility index (Phi) is 4.54. The third-order valence-electron chi connectivity index (χ3n) is 3.67. The largest absolute Gasteiger partial charge is 0.374 e. The van der Waals surface area contributed by atoms with Crippen LogP contribution < -0.4 is 5.73 Å². The van der Waals surface area contributed by atoms with Gasteiger partial charge in [0.2, 0.25) is 0 Å². The van der Waals surface area contributed by atoms with Gasteiger partial charge in [0, 0.05) is 19.1 Å². The van der Waals surface area contributed by atoms with Crippen molar-refractivity contribution in [3.05, 3.63) is 35.4 Å². The molecule has 4 heteroatoms. The van der Waals surface area contributed by atoms with Crippen molar-refractivity contribution in [3.63, 3.8) is 0 Å². The Morgan fingerprint density at radius 3 is 2.63 bits per heavy atom. The van der Waals surface area contributed by atoms with E-state index in [0.29, 0.717) is 18.2 Å². The second-order valence-corrected chi connectivity index (χ2v) is 5.16. The molecule has 0 bridgehead atoms. The third-order valence-corrected chi connectivity index (χ3v) is 3.67. The van der Waals surface area contributed by atoms with E-state index in [1.54, 1.807) is 0 Å². The number of hydrogen-bond acceptors (Lipinski definition) is 4. The molecule has 4 nitrogen and oxygen atoms in total. The molecule has 0 aromatic heterocycles. The molecule has 2 unspecified atom stereocenters. The van der Waals surface area contributed by atoms with Gasteiger partial charge in [-0.05, 0) is 31.5 Å². The van der Waals surface area contributed by atoms with Crippen LogP contribution in [0.1, 0.15) is 31.0 Å². The standard InChI is InChI=1S/C15H21N3O/c1-11(2)18-7-8-19-14(10-17)15(18)13-5-3-12(9-16)4-6-13/h3-6,11,14-15H,7-8,10,17H2,1-2H3. The van der Waals surface area contributed by atoms with Crippen LogP contribution in [0.4, 0.5) is 0 Å². The number of benzene rings is 1. The first kappa shape index (κ1) is 14.0. The smallest absolute Gasteiger partial charge is 0.0991 e. The van der Waals surface area contributed by atoms with E-state index in [9.17, 15) is 0 Å². The molecule has 1 aliphatic heterocycles. The van der Waals surface area contributed by atoms with Gasteiger partial charge >= 0.3 is 0 Å². The summed E-state index contributed by atoms with van der Waals surface area (Å²) < 4.78 is 5.80. The molecule has 1 aromatic rings. The highest BCUT2D eigenvalue weighted by atomic mass is 16.5.